The van der Waals surface area contributed by atoms with Gasteiger partial charge < -0.3 is 14.8 Å². The van der Waals surface area contributed by atoms with Crippen LogP contribution < -0.4 is 14.8 Å². The SMILES string of the molecule is CCCCCOc1cccc(OCC(=O)Nc2ccccc2)c1. The van der Waals surface area contributed by atoms with E-state index in [1.807, 2.05) is 54.6 Å². The highest BCUT2D eigenvalue weighted by atomic mass is 16.5. The van der Waals surface area contributed by atoms with Crippen LogP contribution in [0.2, 0.25) is 0 Å². The Morgan fingerprint density at radius 1 is 0.957 bits per heavy atom. The van der Waals surface area contributed by atoms with Crippen molar-refractivity contribution < 1.29 is 14.3 Å². The van der Waals surface area contributed by atoms with Gasteiger partial charge in [0, 0.05) is 11.8 Å². The minimum absolute atomic E-state index is 0.0335. The van der Waals surface area contributed by atoms with Crippen LogP contribution in [-0.4, -0.2) is 19.1 Å². The largest absolute Gasteiger partial charge is 0.493 e. The van der Waals surface area contributed by atoms with Gasteiger partial charge in [-0.25, -0.2) is 0 Å². The molecule has 0 spiro atoms. The summed E-state index contributed by atoms with van der Waals surface area (Å²) in [5.74, 6) is 1.20. The molecule has 2 aromatic carbocycles. The average molecular weight is 313 g/mol. The van der Waals surface area contributed by atoms with Crippen molar-refractivity contribution in [3.8, 4) is 11.5 Å². The Morgan fingerprint density at radius 3 is 2.43 bits per heavy atom. The normalized spacial score (nSPS) is 10.1. The predicted octanol–water partition coefficient (Wildman–Crippen LogP) is 4.27. The number of unbranched alkanes of at least 4 members (excludes halogenated alkanes) is 2. The van der Waals surface area contributed by atoms with E-state index in [9.17, 15) is 4.79 Å². The molecule has 0 saturated carbocycles. The Morgan fingerprint density at radius 2 is 1.70 bits per heavy atom. The van der Waals surface area contributed by atoms with E-state index in [1.54, 1.807) is 0 Å². The van der Waals surface area contributed by atoms with Crippen molar-refractivity contribution in [1.82, 2.24) is 0 Å². The van der Waals surface area contributed by atoms with Crippen LogP contribution >= 0.6 is 0 Å². The number of carbonyl (C=O) groups excluding carboxylic acids is 1. The van der Waals surface area contributed by atoms with Crippen LogP contribution in [0.25, 0.3) is 0 Å². The van der Waals surface area contributed by atoms with E-state index < -0.39 is 0 Å². The maximum atomic E-state index is 11.8. The zero-order chi connectivity index (χ0) is 16.3. The molecular weight excluding hydrogens is 290 g/mol. The summed E-state index contributed by atoms with van der Waals surface area (Å²) in [5, 5.41) is 2.78. The van der Waals surface area contributed by atoms with Gasteiger partial charge in [-0.3, -0.25) is 4.79 Å². The highest BCUT2D eigenvalue weighted by Gasteiger charge is 2.04. The molecule has 122 valence electrons. The second kappa shape index (κ2) is 9.51. The number of benzene rings is 2. The van der Waals surface area contributed by atoms with Crippen LogP contribution in [0.5, 0.6) is 11.5 Å². The summed E-state index contributed by atoms with van der Waals surface area (Å²) < 4.78 is 11.2. The lowest BCUT2D eigenvalue weighted by Gasteiger charge is -2.10. The third-order valence-electron chi connectivity index (χ3n) is 3.25. The molecule has 0 aliphatic carbocycles. The van der Waals surface area contributed by atoms with Gasteiger partial charge in [-0.2, -0.15) is 0 Å². The molecule has 0 radical (unpaired) electrons. The summed E-state index contributed by atoms with van der Waals surface area (Å²) >= 11 is 0. The third kappa shape index (κ3) is 6.43. The standard InChI is InChI=1S/C19H23NO3/c1-2-3-7-13-22-17-11-8-12-18(14-17)23-15-19(21)20-16-9-5-4-6-10-16/h4-6,8-12,14H,2-3,7,13,15H2,1H3,(H,20,21). The molecule has 1 N–H and O–H groups in total. The second-order valence-corrected chi connectivity index (χ2v) is 5.23. The van der Waals surface area contributed by atoms with Crippen LogP contribution in [-0.2, 0) is 4.79 Å². The summed E-state index contributed by atoms with van der Waals surface area (Å²) in [6, 6.07) is 16.7. The number of nitrogens with one attached hydrogen (secondary N) is 1. The first kappa shape index (κ1) is 16.9. The smallest absolute Gasteiger partial charge is 0.262 e. The van der Waals surface area contributed by atoms with E-state index >= 15 is 0 Å². The van der Waals surface area contributed by atoms with E-state index in [4.69, 9.17) is 9.47 Å². The first-order valence-corrected chi connectivity index (χ1v) is 7.98. The molecule has 1 amide bonds. The van der Waals surface area contributed by atoms with E-state index in [2.05, 4.69) is 12.2 Å². The van der Waals surface area contributed by atoms with Crippen molar-refractivity contribution in [2.75, 3.05) is 18.5 Å². The lowest BCUT2D eigenvalue weighted by atomic mass is 10.3. The molecular formula is C19H23NO3. The van der Waals surface area contributed by atoms with Crippen LogP contribution in [0, 0.1) is 0 Å². The van der Waals surface area contributed by atoms with Crippen molar-refractivity contribution >= 4 is 11.6 Å². The molecule has 0 aliphatic heterocycles. The zero-order valence-electron chi connectivity index (χ0n) is 13.5. The number of ether oxygens (including phenoxy) is 2. The summed E-state index contributed by atoms with van der Waals surface area (Å²) in [7, 11) is 0. The van der Waals surface area contributed by atoms with E-state index in [0.717, 1.165) is 24.3 Å². The zero-order valence-corrected chi connectivity index (χ0v) is 13.5. The van der Waals surface area contributed by atoms with E-state index in [0.29, 0.717) is 12.4 Å². The summed E-state index contributed by atoms with van der Waals surface area (Å²) in [5.41, 5.74) is 0.758. The molecule has 0 saturated heterocycles. The third-order valence-corrected chi connectivity index (χ3v) is 3.25. The Labute approximate surface area is 137 Å². The Kier molecular flexibility index (Phi) is 6.98. The highest BCUT2D eigenvalue weighted by Crippen LogP contribution is 2.19. The molecule has 4 heteroatoms. The van der Waals surface area contributed by atoms with Gasteiger partial charge in [0.15, 0.2) is 6.61 Å². The molecule has 2 rings (SSSR count). The first-order valence-electron chi connectivity index (χ1n) is 7.98. The molecule has 0 unspecified atom stereocenters. The van der Waals surface area contributed by atoms with Crippen molar-refractivity contribution in [2.24, 2.45) is 0 Å². The minimum Gasteiger partial charge on any atom is -0.493 e. The van der Waals surface area contributed by atoms with E-state index in [-0.39, 0.29) is 12.5 Å². The fourth-order valence-electron chi connectivity index (χ4n) is 2.06. The van der Waals surface area contributed by atoms with Crippen LogP contribution in [0.15, 0.2) is 54.6 Å². The minimum atomic E-state index is -0.189. The average Bonchev–Trinajstić information content (AvgIpc) is 2.58. The lowest BCUT2D eigenvalue weighted by Crippen LogP contribution is -2.20. The molecule has 0 aliphatic rings. The lowest BCUT2D eigenvalue weighted by molar-refractivity contribution is -0.118. The van der Waals surface area contributed by atoms with Gasteiger partial charge in [0.05, 0.1) is 6.61 Å². The van der Waals surface area contributed by atoms with Crippen molar-refractivity contribution in [3.05, 3.63) is 54.6 Å². The molecule has 23 heavy (non-hydrogen) atoms. The number of rotatable bonds is 9. The Bertz CT molecular complexity index is 599. The summed E-state index contributed by atoms with van der Waals surface area (Å²) in [4.78, 5) is 11.8. The van der Waals surface area contributed by atoms with Gasteiger partial charge in [0.25, 0.3) is 5.91 Å². The predicted molar refractivity (Wildman–Crippen MR) is 92.0 cm³/mol. The van der Waals surface area contributed by atoms with Gasteiger partial charge >= 0.3 is 0 Å². The topological polar surface area (TPSA) is 47.6 Å². The number of anilines is 1. The number of para-hydroxylation sites is 1. The number of hydrogen-bond acceptors (Lipinski definition) is 3. The molecule has 0 aromatic heterocycles. The fraction of sp³-hybridized carbons (Fsp3) is 0.316. The quantitative estimate of drug-likeness (QED) is 0.703. The number of hydrogen-bond donors (Lipinski definition) is 1. The second-order valence-electron chi connectivity index (χ2n) is 5.23. The molecule has 4 nitrogen and oxygen atoms in total. The molecule has 0 heterocycles. The summed E-state index contributed by atoms with van der Waals surface area (Å²) in [6.07, 6.45) is 3.37. The summed E-state index contributed by atoms with van der Waals surface area (Å²) in [6.45, 7) is 2.83. The highest BCUT2D eigenvalue weighted by molar-refractivity contribution is 5.91. The van der Waals surface area contributed by atoms with Crippen molar-refractivity contribution in [1.29, 1.82) is 0 Å². The maximum Gasteiger partial charge on any atom is 0.262 e. The molecule has 2 aromatic rings. The van der Waals surface area contributed by atoms with Crippen molar-refractivity contribution in [3.63, 3.8) is 0 Å². The Balaban J connectivity index is 1.77. The van der Waals surface area contributed by atoms with Gasteiger partial charge in [-0.1, -0.05) is 44.0 Å². The number of amides is 1. The fourth-order valence-corrected chi connectivity index (χ4v) is 2.06. The van der Waals surface area contributed by atoms with Crippen LogP contribution in [0.3, 0.4) is 0 Å². The molecule has 0 atom stereocenters. The van der Waals surface area contributed by atoms with Crippen LogP contribution in [0.1, 0.15) is 26.2 Å². The van der Waals surface area contributed by atoms with Crippen LogP contribution in [0.4, 0.5) is 5.69 Å². The Hall–Kier alpha value is -2.49. The van der Waals surface area contributed by atoms with Gasteiger partial charge in [0.1, 0.15) is 11.5 Å². The monoisotopic (exact) mass is 313 g/mol. The van der Waals surface area contributed by atoms with Gasteiger partial charge in [0.2, 0.25) is 0 Å². The van der Waals surface area contributed by atoms with Gasteiger partial charge in [-0.15, -0.1) is 0 Å². The van der Waals surface area contributed by atoms with Crippen molar-refractivity contribution in [2.45, 2.75) is 26.2 Å². The number of carbonyl (C=O) groups is 1. The molecule has 0 fully saturated rings. The molecule has 0 bridgehead atoms. The van der Waals surface area contributed by atoms with Gasteiger partial charge in [-0.05, 0) is 30.7 Å². The first-order chi connectivity index (χ1) is 11.3. The maximum absolute atomic E-state index is 11.8. The van der Waals surface area contributed by atoms with E-state index in [1.165, 1.54) is 6.42 Å².